The summed E-state index contributed by atoms with van der Waals surface area (Å²) in [5.41, 5.74) is 29.3. The van der Waals surface area contributed by atoms with Crippen LogP contribution in [0.15, 0.2) is 0 Å². The topological polar surface area (TPSA) is 288 Å². The Hall–Kier alpha value is -0.600. The van der Waals surface area contributed by atoms with Gasteiger partial charge in [-0.1, -0.05) is 0 Å². The van der Waals surface area contributed by atoms with Crippen molar-refractivity contribution in [3.05, 3.63) is 0 Å². The molecule has 0 aromatic carbocycles. The molecule has 0 bridgehead atoms. The molecular formula is C18H37N5O10. The molecule has 2 aliphatic heterocycles. The Morgan fingerprint density at radius 3 is 1.70 bits per heavy atom. The maximum atomic E-state index is 10.7. The van der Waals surface area contributed by atoms with E-state index in [9.17, 15) is 30.6 Å². The Balaban J connectivity index is 1.80. The Morgan fingerprint density at radius 2 is 1.12 bits per heavy atom. The van der Waals surface area contributed by atoms with E-state index < -0.39 is 91.7 Å². The van der Waals surface area contributed by atoms with Crippen LogP contribution in [0, 0.1) is 0 Å². The molecule has 2 saturated heterocycles. The molecule has 0 spiro atoms. The lowest BCUT2D eigenvalue weighted by Gasteiger charge is -2.48. The van der Waals surface area contributed by atoms with E-state index in [1.54, 1.807) is 0 Å². The highest BCUT2D eigenvalue weighted by Crippen LogP contribution is 2.31. The molecule has 194 valence electrons. The minimum absolute atomic E-state index is 0.125. The minimum Gasteiger partial charge on any atom is -0.389 e. The largest absolute Gasteiger partial charge is 0.389 e. The van der Waals surface area contributed by atoms with Gasteiger partial charge in [-0.3, -0.25) is 0 Å². The van der Waals surface area contributed by atoms with E-state index in [1.165, 1.54) is 0 Å². The number of hydrogen-bond donors (Lipinski definition) is 11. The molecule has 0 aromatic heterocycles. The van der Waals surface area contributed by atoms with Crippen LogP contribution in [0.3, 0.4) is 0 Å². The SMILES string of the molecule is NC[C@H]1O[C@@H](O[C@H]2[C@H](O)[C@@H](N)C[C@@H](N)[C@@H]2O[C@H]2O[C@H](CN)[C@@H](O)[C@H](O)[C@H]2N)[C@H](O)[C@@H](O)[C@@H]1O. The molecule has 0 amide bonds. The predicted octanol–water partition coefficient (Wildman–Crippen LogP) is -7.33. The van der Waals surface area contributed by atoms with Crippen molar-refractivity contribution < 1.29 is 49.6 Å². The van der Waals surface area contributed by atoms with Gasteiger partial charge >= 0.3 is 0 Å². The number of ether oxygens (including phenoxy) is 4. The monoisotopic (exact) mass is 483 g/mol. The lowest BCUT2D eigenvalue weighted by molar-refractivity contribution is -0.338. The molecular weight excluding hydrogens is 446 g/mol. The molecule has 0 unspecified atom stereocenters. The van der Waals surface area contributed by atoms with Crippen LogP contribution in [0.25, 0.3) is 0 Å². The van der Waals surface area contributed by atoms with Crippen molar-refractivity contribution in [2.45, 2.75) is 98.2 Å². The third-order valence-electron chi connectivity index (χ3n) is 6.53. The summed E-state index contributed by atoms with van der Waals surface area (Å²) in [5, 5.41) is 61.5. The Kier molecular flexibility index (Phi) is 8.99. The van der Waals surface area contributed by atoms with Gasteiger partial charge in [0.2, 0.25) is 0 Å². The van der Waals surface area contributed by atoms with Gasteiger partial charge < -0.3 is 78.3 Å². The van der Waals surface area contributed by atoms with E-state index >= 15 is 0 Å². The van der Waals surface area contributed by atoms with Gasteiger partial charge in [0.05, 0.1) is 12.1 Å². The average molecular weight is 484 g/mol. The Morgan fingerprint density at radius 1 is 0.606 bits per heavy atom. The molecule has 0 radical (unpaired) electrons. The van der Waals surface area contributed by atoms with Crippen LogP contribution in [0.2, 0.25) is 0 Å². The number of aliphatic hydroxyl groups is 6. The van der Waals surface area contributed by atoms with E-state index in [4.69, 9.17) is 47.6 Å². The van der Waals surface area contributed by atoms with Gasteiger partial charge in [-0.05, 0) is 6.42 Å². The lowest BCUT2D eigenvalue weighted by Crippen LogP contribution is -2.69. The molecule has 1 aliphatic carbocycles. The van der Waals surface area contributed by atoms with Gasteiger partial charge in [0.15, 0.2) is 12.6 Å². The van der Waals surface area contributed by atoms with Gasteiger partial charge in [-0.15, -0.1) is 0 Å². The van der Waals surface area contributed by atoms with E-state index in [0.717, 1.165) is 0 Å². The zero-order chi connectivity index (χ0) is 24.6. The fraction of sp³-hybridized carbons (Fsp3) is 1.00. The van der Waals surface area contributed by atoms with Crippen molar-refractivity contribution in [3.8, 4) is 0 Å². The second kappa shape index (κ2) is 11.0. The van der Waals surface area contributed by atoms with Crippen LogP contribution in [0.1, 0.15) is 6.42 Å². The Bertz CT molecular complexity index is 635. The summed E-state index contributed by atoms with van der Waals surface area (Å²) in [5.74, 6) is 0. The first kappa shape index (κ1) is 27.0. The highest BCUT2D eigenvalue weighted by atomic mass is 16.7. The first-order valence-electron chi connectivity index (χ1n) is 10.9. The summed E-state index contributed by atoms with van der Waals surface area (Å²) in [6.45, 7) is -0.305. The zero-order valence-corrected chi connectivity index (χ0v) is 18.0. The number of nitrogens with two attached hydrogens (primary N) is 5. The van der Waals surface area contributed by atoms with E-state index in [0.29, 0.717) is 0 Å². The fourth-order valence-electron chi connectivity index (χ4n) is 4.41. The molecule has 3 rings (SSSR count). The van der Waals surface area contributed by atoms with Crippen molar-refractivity contribution in [2.75, 3.05) is 13.1 Å². The molecule has 0 aromatic rings. The van der Waals surface area contributed by atoms with Crippen LogP contribution in [0.5, 0.6) is 0 Å². The minimum atomic E-state index is -1.68. The highest BCUT2D eigenvalue weighted by Gasteiger charge is 2.51. The third-order valence-corrected chi connectivity index (χ3v) is 6.53. The molecule has 2 heterocycles. The molecule has 3 aliphatic rings. The molecule has 33 heavy (non-hydrogen) atoms. The quantitative estimate of drug-likeness (QED) is 0.167. The van der Waals surface area contributed by atoms with Crippen LogP contribution in [-0.2, 0) is 18.9 Å². The zero-order valence-electron chi connectivity index (χ0n) is 18.0. The summed E-state index contributed by atoms with van der Waals surface area (Å²) in [4.78, 5) is 0. The maximum Gasteiger partial charge on any atom is 0.187 e. The summed E-state index contributed by atoms with van der Waals surface area (Å²) in [6.07, 6.45) is -15.9. The fourth-order valence-corrected chi connectivity index (χ4v) is 4.41. The van der Waals surface area contributed by atoms with Gasteiger partial charge in [0, 0.05) is 25.2 Å². The smallest absolute Gasteiger partial charge is 0.187 e. The van der Waals surface area contributed by atoms with Crippen molar-refractivity contribution >= 4 is 0 Å². The number of rotatable bonds is 6. The van der Waals surface area contributed by atoms with Crippen molar-refractivity contribution in [1.82, 2.24) is 0 Å². The average Bonchev–Trinajstić information content (AvgIpc) is 2.79. The molecule has 15 atom stereocenters. The molecule has 15 nitrogen and oxygen atoms in total. The number of hydrogen-bond acceptors (Lipinski definition) is 15. The van der Waals surface area contributed by atoms with Gasteiger partial charge in [-0.25, -0.2) is 0 Å². The Labute approximate surface area is 190 Å². The summed E-state index contributed by atoms with van der Waals surface area (Å²) >= 11 is 0. The molecule has 16 N–H and O–H groups in total. The van der Waals surface area contributed by atoms with Crippen molar-refractivity contribution in [3.63, 3.8) is 0 Å². The van der Waals surface area contributed by atoms with Crippen molar-refractivity contribution in [1.29, 1.82) is 0 Å². The highest BCUT2D eigenvalue weighted by molar-refractivity contribution is 5.01. The third kappa shape index (κ3) is 5.32. The lowest BCUT2D eigenvalue weighted by atomic mass is 9.84. The summed E-state index contributed by atoms with van der Waals surface area (Å²) < 4.78 is 22.7. The van der Waals surface area contributed by atoms with Crippen LogP contribution in [0.4, 0.5) is 0 Å². The molecule has 3 fully saturated rings. The predicted molar refractivity (Wildman–Crippen MR) is 110 cm³/mol. The normalized spacial score (nSPS) is 53.7. The van der Waals surface area contributed by atoms with Gasteiger partial charge in [-0.2, -0.15) is 0 Å². The van der Waals surface area contributed by atoms with Gasteiger partial charge in [0.1, 0.15) is 54.9 Å². The van der Waals surface area contributed by atoms with Gasteiger partial charge in [0.25, 0.3) is 0 Å². The van der Waals surface area contributed by atoms with Crippen LogP contribution < -0.4 is 28.7 Å². The second-order valence-electron chi connectivity index (χ2n) is 8.84. The first-order chi connectivity index (χ1) is 15.5. The van der Waals surface area contributed by atoms with Crippen LogP contribution >= 0.6 is 0 Å². The number of aliphatic hydroxyl groups excluding tert-OH is 6. The maximum absolute atomic E-state index is 10.7. The first-order valence-corrected chi connectivity index (χ1v) is 10.9. The van der Waals surface area contributed by atoms with E-state index in [-0.39, 0.29) is 19.5 Å². The summed E-state index contributed by atoms with van der Waals surface area (Å²) in [6, 6.07) is -2.80. The molecule has 15 heteroatoms. The standard InChI is InChI=1S/C18H37N5O10/c19-2-6-10(25)12(27)8(23)17(30-6)32-15-5(22)1-4(21)9(24)16(15)33-18-14(29)13(28)11(26)7(3-20)31-18/h4-18,24-29H,1-3,19-23H2/t4-,5+,6+,7+,8+,9+,10+,11+,12+,13-,14+,15-,16-,17+,18-/m0/s1. The van der Waals surface area contributed by atoms with E-state index in [2.05, 4.69) is 0 Å². The molecule has 1 saturated carbocycles. The second-order valence-corrected chi connectivity index (χ2v) is 8.84. The summed E-state index contributed by atoms with van der Waals surface area (Å²) in [7, 11) is 0. The van der Waals surface area contributed by atoms with Crippen LogP contribution in [-0.4, -0.2) is 135 Å². The van der Waals surface area contributed by atoms with Crippen molar-refractivity contribution in [2.24, 2.45) is 28.7 Å². The van der Waals surface area contributed by atoms with E-state index in [1.807, 2.05) is 0 Å².